The van der Waals surface area contributed by atoms with Crippen molar-refractivity contribution in [2.24, 2.45) is 0 Å². The number of rotatable bonds is 2. The van der Waals surface area contributed by atoms with Crippen LogP contribution in [0.3, 0.4) is 0 Å². The Morgan fingerprint density at radius 1 is 1.00 bits per heavy atom. The highest BCUT2D eigenvalue weighted by Crippen LogP contribution is 2.42. The average Bonchev–Trinajstić information content (AvgIpc) is 3.04. The summed E-state index contributed by atoms with van der Waals surface area (Å²) < 4.78 is 19.5. The SMILES string of the molecule is Cc1ccc(N2C(=O)c3oc4ccccc4c(=O)c3C2c2ccc(F)cc2)cc1Cl. The van der Waals surface area contributed by atoms with Gasteiger partial charge in [-0.05, 0) is 54.4 Å². The van der Waals surface area contributed by atoms with Gasteiger partial charge in [-0.15, -0.1) is 0 Å². The van der Waals surface area contributed by atoms with Crippen LogP contribution in [0.1, 0.15) is 33.3 Å². The van der Waals surface area contributed by atoms with Gasteiger partial charge in [0.25, 0.3) is 5.91 Å². The first-order valence-electron chi connectivity index (χ1n) is 9.36. The molecule has 0 spiro atoms. The number of benzene rings is 3. The first-order chi connectivity index (χ1) is 14.5. The third-order valence-corrected chi connectivity index (χ3v) is 5.80. The van der Waals surface area contributed by atoms with E-state index in [1.54, 1.807) is 54.6 Å². The van der Waals surface area contributed by atoms with E-state index in [1.165, 1.54) is 17.0 Å². The molecule has 5 rings (SSSR count). The van der Waals surface area contributed by atoms with Gasteiger partial charge in [-0.25, -0.2) is 4.39 Å². The van der Waals surface area contributed by atoms with Gasteiger partial charge < -0.3 is 4.42 Å². The Balaban J connectivity index is 1.81. The van der Waals surface area contributed by atoms with Crippen molar-refractivity contribution in [1.82, 2.24) is 0 Å². The van der Waals surface area contributed by atoms with Crippen molar-refractivity contribution < 1.29 is 13.6 Å². The highest BCUT2D eigenvalue weighted by atomic mass is 35.5. The Kier molecular flexibility index (Phi) is 4.22. The van der Waals surface area contributed by atoms with Gasteiger partial charge in [0.2, 0.25) is 5.76 Å². The molecule has 1 aliphatic rings. The van der Waals surface area contributed by atoms with Crippen LogP contribution >= 0.6 is 11.6 Å². The van der Waals surface area contributed by atoms with Crippen molar-refractivity contribution in [3.63, 3.8) is 0 Å². The van der Waals surface area contributed by atoms with Gasteiger partial charge >= 0.3 is 0 Å². The van der Waals surface area contributed by atoms with Crippen molar-refractivity contribution >= 4 is 34.2 Å². The predicted molar refractivity (Wildman–Crippen MR) is 114 cm³/mol. The number of aryl methyl sites for hydroxylation is 1. The van der Waals surface area contributed by atoms with Crippen LogP contribution in [0.2, 0.25) is 5.02 Å². The summed E-state index contributed by atoms with van der Waals surface area (Å²) in [5.74, 6) is -0.856. The third-order valence-electron chi connectivity index (χ3n) is 5.40. The highest BCUT2D eigenvalue weighted by molar-refractivity contribution is 6.31. The lowest BCUT2D eigenvalue weighted by molar-refractivity contribution is 0.0971. The fraction of sp³-hybridized carbons (Fsp3) is 0.0833. The molecule has 0 bridgehead atoms. The number of halogens is 2. The Labute approximate surface area is 176 Å². The zero-order valence-electron chi connectivity index (χ0n) is 15.9. The van der Waals surface area contributed by atoms with Gasteiger partial charge in [0.15, 0.2) is 5.43 Å². The molecule has 0 saturated carbocycles. The molecule has 1 atom stereocenters. The molecule has 0 saturated heterocycles. The molecule has 0 fully saturated rings. The summed E-state index contributed by atoms with van der Waals surface area (Å²) in [4.78, 5) is 28.3. The lowest BCUT2D eigenvalue weighted by Gasteiger charge is -2.25. The molecular weight excluding hydrogens is 405 g/mol. The summed E-state index contributed by atoms with van der Waals surface area (Å²) in [5.41, 5.74) is 2.29. The minimum absolute atomic E-state index is 0.00952. The second kappa shape index (κ2) is 6.82. The third kappa shape index (κ3) is 2.74. The molecule has 0 radical (unpaired) electrons. The normalized spacial score (nSPS) is 15.6. The molecule has 30 heavy (non-hydrogen) atoms. The molecule has 1 aromatic heterocycles. The van der Waals surface area contributed by atoms with E-state index in [0.29, 0.717) is 27.2 Å². The first-order valence-corrected chi connectivity index (χ1v) is 9.74. The van der Waals surface area contributed by atoms with Crippen LogP contribution in [0.15, 0.2) is 75.9 Å². The molecule has 0 aliphatic carbocycles. The number of amides is 1. The zero-order valence-corrected chi connectivity index (χ0v) is 16.6. The molecule has 4 nitrogen and oxygen atoms in total. The number of anilines is 1. The van der Waals surface area contributed by atoms with Crippen LogP contribution in [-0.4, -0.2) is 5.91 Å². The van der Waals surface area contributed by atoms with Crippen LogP contribution < -0.4 is 10.3 Å². The molecular formula is C24H15ClFNO3. The summed E-state index contributed by atoms with van der Waals surface area (Å²) in [6.07, 6.45) is 0. The first kappa shape index (κ1) is 18.6. The minimum atomic E-state index is -0.757. The molecule has 0 N–H and O–H groups in total. The van der Waals surface area contributed by atoms with Gasteiger partial charge in [0, 0.05) is 10.7 Å². The zero-order chi connectivity index (χ0) is 21.0. The number of para-hydroxylation sites is 1. The van der Waals surface area contributed by atoms with E-state index >= 15 is 0 Å². The van der Waals surface area contributed by atoms with Crippen LogP contribution in [0.25, 0.3) is 11.0 Å². The summed E-state index contributed by atoms with van der Waals surface area (Å²) in [6.45, 7) is 1.86. The maximum atomic E-state index is 13.6. The maximum Gasteiger partial charge on any atom is 0.295 e. The Morgan fingerprint density at radius 2 is 1.73 bits per heavy atom. The molecule has 4 aromatic rings. The molecule has 2 heterocycles. The van der Waals surface area contributed by atoms with Crippen molar-refractivity contribution in [3.05, 3.63) is 110 Å². The fourth-order valence-corrected chi connectivity index (χ4v) is 4.05. The number of nitrogens with zero attached hydrogens (tertiary/aromatic N) is 1. The monoisotopic (exact) mass is 419 g/mol. The molecule has 6 heteroatoms. The number of carbonyl (C=O) groups is 1. The molecule has 1 aliphatic heterocycles. The lowest BCUT2D eigenvalue weighted by atomic mass is 9.98. The van der Waals surface area contributed by atoms with Crippen LogP contribution in [0, 0.1) is 12.7 Å². The van der Waals surface area contributed by atoms with E-state index in [4.69, 9.17) is 16.0 Å². The summed E-state index contributed by atoms with van der Waals surface area (Å²) in [7, 11) is 0. The van der Waals surface area contributed by atoms with Crippen molar-refractivity contribution in [3.8, 4) is 0 Å². The van der Waals surface area contributed by atoms with Gasteiger partial charge in [0.1, 0.15) is 11.4 Å². The quantitative estimate of drug-likeness (QED) is 0.422. The number of hydrogen-bond donors (Lipinski definition) is 0. The Hall–Kier alpha value is -3.44. The van der Waals surface area contributed by atoms with Crippen LogP contribution in [0.5, 0.6) is 0 Å². The molecule has 148 valence electrons. The number of hydrogen-bond acceptors (Lipinski definition) is 3. The van der Waals surface area contributed by atoms with Crippen molar-refractivity contribution in [2.75, 3.05) is 4.90 Å². The number of fused-ring (bicyclic) bond motifs is 2. The van der Waals surface area contributed by atoms with Gasteiger partial charge in [0.05, 0.1) is 17.0 Å². The number of carbonyl (C=O) groups excluding carboxylic acids is 1. The van der Waals surface area contributed by atoms with Gasteiger partial charge in [-0.2, -0.15) is 0 Å². The average molecular weight is 420 g/mol. The van der Waals surface area contributed by atoms with E-state index < -0.39 is 17.8 Å². The highest BCUT2D eigenvalue weighted by Gasteiger charge is 2.43. The topological polar surface area (TPSA) is 50.5 Å². The van der Waals surface area contributed by atoms with E-state index in [-0.39, 0.29) is 16.8 Å². The van der Waals surface area contributed by atoms with Gasteiger partial charge in [-0.1, -0.05) is 41.9 Å². The van der Waals surface area contributed by atoms with E-state index in [2.05, 4.69) is 0 Å². The second-order valence-electron chi connectivity index (χ2n) is 7.23. The summed E-state index contributed by atoms with van der Waals surface area (Å²) in [6, 6.07) is 17.1. The van der Waals surface area contributed by atoms with Crippen LogP contribution in [0.4, 0.5) is 10.1 Å². The fourth-order valence-electron chi connectivity index (χ4n) is 3.88. The van der Waals surface area contributed by atoms with E-state index in [0.717, 1.165) is 5.56 Å². The molecule has 3 aromatic carbocycles. The lowest BCUT2D eigenvalue weighted by Crippen LogP contribution is -2.29. The standard InChI is InChI=1S/C24H15ClFNO3/c1-13-6-11-16(12-18(13)25)27-21(14-7-9-15(26)10-8-14)20-22(28)17-4-2-3-5-19(17)30-23(20)24(27)29/h2-12,21H,1H3. The maximum absolute atomic E-state index is 13.6. The summed E-state index contributed by atoms with van der Waals surface area (Å²) >= 11 is 6.31. The van der Waals surface area contributed by atoms with E-state index in [1.807, 2.05) is 6.92 Å². The predicted octanol–water partition coefficient (Wildman–Crippen LogP) is 5.64. The van der Waals surface area contributed by atoms with E-state index in [9.17, 15) is 14.0 Å². The molecule has 1 amide bonds. The minimum Gasteiger partial charge on any atom is -0.450 e. The smallest absolute Gasteiger partial charge is 0.295 e. The Morgan fingerprint density at radius 3 is 2.47 bits per heavy atom. The Bertz CT molecular complexity index is 1380. The summed E-state index contributed by atoms with van der Waals surface area (Å²) in [5, 5.41) is 0.888. The van der Waals surface area contributed by atoms with Gasteiger partial charge in [-0.3, -0.25) is 14.5 Å². The van der Waals surface area contributed by atoms with Crippen LogP contribution in [-0.2, 0) is 0 Å². The van der Waals surface area contributed by atoms with Crippen molar-refractivity contribution in [1.29, 1.82) is 0 Å². The molecule has 1 unspecified atom stereocenters. The largest absolute Gasteiger partial charge is 0.450 e. The second-order valence-corrected chi connectivity index (χ2v) is 7.64. The van der Waals surface area contributed by atoms with Crippen molar-refractivity contribution in [2.45, 2.75) is 13.0 Å².